The number of aromatic nitrogens is 2. The van der Waals surface area contributed by atoms with Crippen LogP contribution in [-0.4, -0.2) is 27.5 Å². The molecule has 0 bridgehead atoms. The average Bonchev–Trinajstić information content (AvgIpc) is 2.91. The molecule has 2 N–H and O–H groups in total. The lowest BCUT2D eigenvalue weighted by Gasteiger charge is -2.22. The first-order chi connectivity index (χ1) is 8.99. The second kappa shape index (κ2) is 5.46. The summed E-state index contributed by atoms with van der Waals surface area (Å²) in [6.45, 7) is 3.59. The standard InChI is InChI=1S/C13H15N3O2S/c1-9-5-15-11(6-14-9)12(17)16-8-13(2,18)10-3-4-19-7-10/h3-7,18H,8H2,1-2H3,(H,16,17). The largest absolute Gasteiger partial charge is 0.384 e. The molecule has 2 aromatic heterocycles. The van der Waals surface area contributed by atoms with Gasteiger partial charge in [0.2, 0.25) is 0 Å². The van der Waals surface area contributed by atoms with Crippen molar-refractivity contribution in [2.24, 2.45) is 0 Å². The van der Waals surface area contributed by atoms with E-state index in [4.69, 9.17) is 0 Å². The molecular weight excluding hydrogens is 262 g/mol. The zero-order valence-electron chi connectivity index (χ0n) is 10.8. The molecule has 1 unspecified atom stereocenters. The highest BCUT2D eigenvalue weighted by atomic mass is 32.1. The van der Waals surface area contributed by atoms with Crippen LogP contribution in [0.3, 0.4) is 0 Å². The number of carbonyl (C=O) groups is 1. The van der Waals surface area contributed by atoms with Crippen molar-refractivity contribution in [3.05, 3.63) is 46.2 Å². The molecule has 100 valence electrons. The Hall–Kier alpha value is -1.79. The number of aliphatic hydroxyl groups is 1. The summed E-state index contributed by atoms with van der Waals surface area (Å²) in [5, 5.41) is 16.7. The lowest BCUT2D eigenvalue weighted by Crippen LogP contribution is -2.38. The maximum Gasteiger partial charge on any atom is 0.271 e. The van der Waals surface area contributed by atoms with Crippen LogP contribution in [0.5, 0.6) is 0 Å². The van der Waals surface area contributed by atoms with Gasteiger partial charge in [-0.2, -0.15) is 11.3 Å². The van der Waals surface area contributed by atoms with E-state index in [-0.39, 0.29) is 18.1 Å². The van der Waals surface area contributed by atoms with Crippen LogP contribution in [0.1, 0.15) is 28.7 Å². The van der Waals surface area contributed by atoms with Crippen LogP contribution >= 0.6 is 11.3 Å². The average molecular weight is 277 g/mol. The van der Waals surface area contributed by atoms with Gasteiger partial charge in [-0.05, 0) is 36.2 Å². The van der Waals surface area contributed by atoms with E-state index < -0.39 is 5.60 Å². The van der Waals surface area contributed by atoms with Crippen molar-refractivity contribution in [3.63, 3.8) is 0 Å². The highest BCUT2D eigenvalue weighted by Crippen LogP contribution is 2.22. The lowest BCUT2D eigenvalue weighted by molar-refractivity contribution is 0.0528. The molecule has 0 radical (unpaired) electrons. The van der Waals surface area contributed by atoms with Gasteiger partial charge in [-0.3, -0.25) is 9.78 Å². The van der Waals surface area contributed by atoms with Crippen molar-refractivity contribution in [1.82, 2.24) is 15.3 Å². The molecule has 0 aliphatic rings. The second-order valence-corrected chi connectivity index (χ2v) is 5.29. The predicted octanol–water partition coefficient (Wildman–Crippen LogP) is 1.48. The second-order valence-electron chi connectivity index (χ2n) is 4.51. The van der Waals surface area contributed by atoms with E-state index in [1.165, 1.54) is 23.7 Å². The molecule has 6 heteroatoms. The minimum Gasteiger partial charge on any atom is -0.384 e. The highest BCUT2D eigenvalue weighted by Gasteiger charge is 2.24. The molecule has 1 amide bonds. The molecule has 2 aromatic rings. The predicted molar refractivity (Wildman–Crippen MR) is 73.0 cm³/mol. The van der Waals surface area contributed by atoms with Crippen molar-refractivity contribution >= 4 is 17.2 Å². The fourth-order valence-corrected chi connectivity index (χ4v) is 2.31. The van der Waals surface area contributed by atoms with E-state index in [1.54, 1.807) is 13.8 Å². The smallest absolute Gasteiger partial charge is 0.271 e. The van der Waals surface area contributed by atoms with Crippen LogP contribution in [0.25, 0.3) is 0 Å². The first kappa shape index (κ1) is 13.6. The van der Waals surface area contributed by atoms with E-state index in [1.807, 2.05) is 16.8 Å². The number of nitrogens with one attached hydrogen (secondary N) is 1. The Balaban J connectivity index is 1.99. The third-order valence-corrected chi connectivity index (χ3v) is 3.43. The molecule has 0 spiro atoms. The van der Waals surface area contributed by atoms with Crippen LogP contribution in [-0.2, 0) is 5.60 Å². The summed E-state index contributed by atoms with van der Waals surface area (Å²) in [7, 11) is 0. The van der Waals surface area contributed by atoms with Crippen LogP contribution in [0.4, 0.5) is 0 Å². The monoisotopic (exact) mass is 277 g/mol. The molecular formula is C13H15N3O2S. The van der Waals surface area contributed by atoms with Gasteiger partial charge in [0.1, 0.15) is 11.3 Å². The first-order valence-electron chi connectivity index (χ1n) is 5.81. The van der Waals surface area contributed by atoms with Crippen LogP contribution in [0.15, 0.2) is 29.2 Å². The summed E-state index contributed by atoms with van der Waals surface area (Å²) in [4.78, 5) is 19.8. The van der Waals surface area contributed by atoms with Gasteiger partial charge < -0.3 is 10.4 Å². The summed E-state index contributed by atoms with van der Waals surface area (Å²) < 4.78 is 0. The molecule has 2 heterocycles. The topological polar surface area (TPSA) is 75.1 Å². The molecule has 0 aliphatic heterocycles. The van der Waals surface area contributed by atoms with Crippen molar-refractivity contribution in [1.29, 1.82) is 0 Å². The molecule has 2 rings (SSSR count). The molecule has 1 atom stereocenters. The number of carbonyl (C=O) groups excluding carboxylic acids is 1. The van der Waals surface area contributed by atoms with Gasteiger partial charge in [0.15, 0.2) is 0 Å². The van der Waals surface area contributed by atoms with E-state index in [0.717, 1.165) is 11.3 Å². The van der Waals surface area contributed by atoms with Crippen molar-refractivity contribution in [2.45, 2.75) is 19.4 Å². The normalized spacial score (nSPS) is 13.8. The molecule has 0 aliphatic carbocycles. The van der Waals surface area contributed by atoms with Gasteiger partial charge in [0, 0.05) is 6.20 Å². The molecule has 0 saturated carbocycles. The quantitative estimate of drug-likeness (QED) is 0.887. The number of rotatable bonds is 4. The molecule has 0 saturated heterocycles. The molecule has 0 aromatic carbocycles. The zero-order valence-corrected chi connectivity index (χ0v) is 11.6. The number of nitrogens with zero attached hydrogens (tertiary/aromatic N) is 2. The Morgan fingerprint density at radius 1 is 1.47 bits per heavy atom. The van der Waals surface area contributed by atoms with Crippen LogP contribution in [0, 0.1) is 6.92 Å². The summed E-state index contributed by atoms with van der Waals surface area (Å²) in [5.41, 5.74) is 0.690. The number of thiophene rings is 1. The minimum atomic E-state index is -1.09. The van der Waals surface area contributed by atoms with Gasteiger partial charge in [0.25, 0.3) is 5.91 Å². The summed E-state index contributed by atoms with van der Waals surface area (Å²) in [6, 6.07) is 1.84. The SMILES string of the molecule is Cc1cnc(C(=O)NCC(C)(O)c2ccsc2)cn1. The third-order valence-electron chi connectivity index (χ3n) is 2.75. The lowest BCUT2D eigenvalue weighted by atomic mass is 9.99. The maximum absolute atomic E-state index is 11.9. The summed E-state index contributed by atoms with van der Waals surface area (Å²) in [5.74, 6) is -0.344. The Morgan fingerprint density at radius 2 is 2.26 bits per heavy atom. The van der Waals surface area contributed by atoms with Crippen molar-refractivity contribution in [3.8, 4) is 0 Å². The summed E-state index contributed by atoms with van der Waals surface area (Å²) in [6.07, 6.45) is 2.95. The van der Waals surface area contributed by atoms with Gasteiger partial charge in [-0.1, -0.05) is 0 Å². The van der Waals surface area contributed by atoms with E-state index >= 15 is 0 Å². The Morgan fingerprint density at radius 3 is 2.84 bits per heavy atom. The first-order valence-corrected chi connectivity index (χ1v) is 6.75. The van der Waals surface area contributed by atoms with E-state index in [9.17, 15) is 9.90 Å². The Bertz CT molecular complexity index is 550. The number of amides is 1. The highest BCUT2D eigenvalue weighted by molar-refractivity contribution is 7.08. The fraction of sp³-hybridized carbons (Fsp3) is 0.308. The van der Waals surface area contributed by atoms with E-state index in [0.29, 0.717) is 0 Å². The van der Waals surface area contributed by atoms with Gasteiger partial charge in [-0.15, -0.1) is 0 Å². The minimum absolute atomic E-state index is 0.123. The van der Waals surface area contributed by atoms with Gasteiger partial charge in [-0.25, -0.2) is 4.98 Å². The van der Waals surface area contributed by atoms with Crippen LogP contribution in [0.2, 0.25) is 0 Å². The molecule has 19 heavy (non-hydrogen) atoms. The van der Waals surface area contributed by atoms with Crippen molar-refractivity contribution in [2.75, 3.05) is 6.54 Å². The Kier molecular flexibility index (Phi) is 3.92. The van der Waals surface area contributed by atoms with Gasteiger partial charge in [0.05, 0.1) is 18.4 Å². The number of aryl methyl sites for hydroxylation is 1. The maximum atomic E-state index is 11.9. The van der Waals surface area contributed by atoms with Gasteiger partial charge >= 0.3 is 0 Å². The molecule has 0 fully saturated rings. The third kappa shape index (κ3) is 3.36. The summed E-state index contributed by atoms with van der Waals surface area (Å²) >= 11 is 1.50. The fourth-order valence-electron chi connectivity index (χ4n) is 1.53. The zero-order chi connectivity index (χ0) is 13.9. The van der Waals surface area contributed by atoms with Crippen molar-refractivity contribution < 1.29 is 9.90 Å². The van der Waals surface area contributed by atoms with Crippen LogP contribution < -0.4 is 5.32 Å². The van der Waals surface area contributed by atoms with E-state index in [2.05, 4.69) is 15.3 Å². The molecule has 5 nitrogen and oxygen atoms in total. The Labute approximate surface area is 115 Å². The number of hydrogen-bond acceptors (Lipinski definition) is 5. The number of hydrogen-bond donors (Lipinski definition) is 2.